The molecule has 2 aromatic carbocycles. The van der Waals surface area contributed by atoms with Crippen LogP contribution in [0.4, 0.5) is 8.78 Å². The molecule has 1 unspecified atom stereocenters. The van der Waals surface area contributed by atoms with Gasteiger partial charge in [0.25, 0.3) is 0 Å². The minimum Gasteiger partial charge on any atom is -0.310 e. The van der Waals surface area contributed by atoms with Crippen LogP contribution in [0.5, 0.6) is 0 Å². The first-order chi connectivity index (χ1) is 10.0. The molecule has 0 bridgehead atoms. The van der Waals surface area contributed by atoms with Gasteiger partial charge in [-0.05, 0) is 70.9 Å². The summed E-state index contributed by atoms with van der Waals surface area (Å²) in [5.74, 6) is -0.667. The van der Waals surface area contributed by atoms with E-state index in [4.69, 9.17) is 11.6 Å². The van der Waals surface area contributed by atoms with Crippen molar-refractivity contribution in [1.82, 2.24) is 5.32 Å². The normalized spacial score (nSPS) is 12.4. The van der Waals surface area contributed by atoms with Gasteiger partial charge in [0.05, 0.1) is 5.02 Å². The van der Waals surface area contributed by atoms with Gasteiger partial charge in [0, 0.05) is 9.61 Å². The van der Waals surface area contributed by atoms with Gasteiger partial charge in [0.1, 0.15) is 11.6 Å². The van der Waals surface area contributed by atoms with Gasteiger partial charge in [-0.1, -0.05) is 30.7 Å². The average molecular weight is 422 g/mol. The number of halogens is 4. The minimum absolute atomic E-state index is 0.0315. The van der Waals surface area contributed by atoms with Crippen LogP contribution in [-0.4, -0.2) is 6.54 Å². The summed E-state index contributed by atoms with van der Waals surface area (Å²) < 4.78 is 27.3. The fraction of sp³-hybridized carbons (Fsp3) is 0.250. The summed E-state index contributed by atoms with van der Waals surface area (Å²) in [6.45, 7) is 2.80. The maximum atomic E-state index is 13.2. The fourth-order valence-corrected chi connectivity index (χ4v) is 3.28. The van der Waals surface area contributed by atoms with Crippen molar-refractivity contribution in [2.24, 2.45) is 0 Å². The number of benzene rings is 2. The van der Waals surface area contributed by atoms with Gasteiger partial charge in [-0.25, -0.2) is 8.78 Å². The number of hydrogen-bond acceptors (Lipinski definition) is 1. The number of hydrogen-bond donors (Lipinski definition) is 1. The first-order valence-corrected chi connectivity index (χ1v) is 8.09. The van der Waals surface area contributed by atoms with Crippen molar-refractivity contribution in [3.63, 3.8) is 0 Å². The summed E-state index contributed by atoms with van der Waals surface area (Å²) in [4.78, 5) is 0. The van der Waals surface area contributed by atoms with E-state index in [0.717, 1.165) is 21.2 Å². The van der Waals surface area contributed by atoms with E-state index in [1.807, 2.05) is 6.92 Å². The molecule has 21 heavy (non-hydrogen) atoms. The maximum Gasteiger partial charge on any atom is 0.141 e. The zero-order chi connectivity index (χ0) is 15.4. The molecule has 0 fully saturated rings. The predicted molar refractivity (Wildman–Crippen MR) is 90.6 cm³/mol. The van der Waals surface area contributed by atoms with Crippen LogP contribution in [-0.2, 0) is 6.42 Å². The predicted octanol–water partition coefficient (Wildman–Crippen LogP) is 5.12. The Labute approximate surface area is 141 Å². The zero-order valence-corrected chi connectivity index (χ0v) is 14.4. The summed E-state index contributed by atoms with van der Waals surface area (Å²) in [5, 5.41) is 3.50. The second kappa shape index (κ2) is 7.51. The summed E-state index contributed by atoms with van der Waals surface area (Å²) in [6.07, 6.45) is 0.662. The second-order valence-electron chi connectivity index (χ2n) is 4.73. The van der Waals surface area contributed by atoms with Crippen LogP contribution in [0.25, 0.3) is 0 Å². The van der Waals surface area contributed by atoms with Gasteiger partial charge in [0.2, 0.25) is 0 Å². The third-order valence-electron chi connectivity index (χ3n) is 3.21. The van der Waals surface area contributed by atoms with Crippen molar-refractivity contribution < 1.29 is 8.78 Å². The quantitative estimate of drug-likeness (QED) is 0.661. The Kier molecular flexibility index (Phi) is 5.96. The molecule has 1 nitrogen and oxygen atoms in total. The SMILES string of the molecule is CCNC(Cc1ccc(F)c(Cl)c1)c1ccc(F)cc1I. The van der Waals surface area contributed by atoms with E-state index in [2.05, 4.69) is 27.9 Å². The van der Waals surface area contributed by atoms with Gasteiger partial charge in [-0.15, -0.1) is 0 Å². The monoisotopic (exact) mass is 421 g/mol. The number of rotatable bonds is 5. The first kappa shape index (κ1) is 16.6. The molecule has 112 valence electrons. The Morgan fingerprint density at radius 1 is 1.19 bits per heavy atom. The number of nitrogens with one attached hydrogen (secondary N) is 1. The molecular formula is C16H15ClF2IN. The van der Waals surface area contributed by atoms with Crippen molar-refractivity contribution in [1.29, 1.82) is 0 Å². The van der Waals surface area contributed by atoms with E-state index in [0.29, 0.717) is 6.42 Å². The molecule has 2 rings (SSSR count). The van der Waals surface area contributed by atoms with E-state index in [-0.39, 0.29) is 16.9 Å². The maximum absolute atomic E-state index is 13.2. The highest BCUT2D eigenvalue weighted by Crippen LogP contribution is 2.26. The fourth-order valence-electron chi connectivity index (χ4n) is 2.22. The van der Waals surface area contributed by atoms with Crippen LogP contribution >= 0.6 is 34.2 Å². The van der Waals surface area contributed by atoms with E-state index in [1.54, 1.807) is 18.2 Å². The van der Waals surface area contributed by atoms with Gasteiger partial charge in [-0.3, -0.25) is 0 Å². The van der Waals surface area contributed by atoms with Gasteiger partial charge in [-0.2, -0.15) is 0 Å². The molecule has 0 radical (unpaired) electrons. The molecule has 0 saturated carbocycles. The molecule has 5 heteroatoms. The molecule has 1 N–H and O–H groups in total. The largest absolute Gasteiger partial charge is 0.310 e. The third-order valence-corrected chi connectivity index (χ3v) is 4.44. The zero-order valence-electron chi connectivity index (χ0n) is 11.5. The molecule has 0 aliphatic heterocycles. The van der Waals surface area contributed by atoms with Crippen LogP contribution in [0, 0.1) is 15.2 Å². The smallest absolute Gasteiger partial charge is 0.141 e. The molecule has 0 aliphatic carbocycles. The summed E-state index contributed by atoms with van der Waals surface area (Å²) in [5.41, 5.74) is 1.96. The summed E-state index contributed by atoms with van der Waals surface area (Å²) in [6, 6.07) is 9.52. The van der Waals surface area contributed by atoms with Crippen LogP contribution in [0.15, 0.2) is 36.4 Å². The van der Waals surface area contributed by atoms with Crippen LogP contribution < -0.4 is 5.32 Å². The summed E-state index contributed by atoms with van der Waals surface area (Å²) >= 11 is 7.96. The molecule has 1 atom stereocenters. The van der Waals surface area contributed by atoms with Gasteiger partial charge < -0.3 is 5.32 Å². The average Bonchev–Trinajstić information content (AvgIpc) is 2.42. The lowest BCUT2D eigenvalue weighted by Crippen LogP contribution is -2.24. The lowest BCUT2D eigenvalue weighted by molar-refractivity contribution is 0.544. The lowest BCUT2D eigenvalue weighted by atomic mass is 9.98. The van der Waals surface area contributed by atoms with Gasteiger partial charge in [0.15, 0.2) is 0 Å². The number of likely N-dealkylation sites (N-methyl/N-ethyl adjacent to an activating group) is 1. The molecule has 0 amide bonds. The summed E-state index contributed by atoms with van der Waals surface area (Å²) in [7, 11) is 0. The molecule has 0 aliphatic rings. The standard InChI is InChI=1S/C16H15ClF2IN/c1-2-21-16(12-5-4-11(18)9-15(12)20)8-10-3-6-14(19)13(17)7-10/h3-7,9,16,21H,2,8H2,1H3. The Hall–Kier alpha value is -0.720. The Bertz CT molecular complexity index is 634. The van der Waals surface area contributed by atoms with Crippen molar-refractivity contribution in [2.45, 2.75) is 19.4 Å². The van der Waals surface area contributed by atoms with Crippen molar-refractivity contribution in [3.8, 4) is 0 Å². The molecule has 0 spiro atoms. The highest BCUT2D eigenvalue weighted by molar-refractivity contribution is 14.1. The Morgan fingerprint density at radius 2 is 1.95 bits per heavy atom. The molecule has 0 saturated heterocycles. The van der Waals surface area contributed by atoms with E-state index < -0.39 is 5.82 Å². The highest BCUT2D eigenvalue weighted by atomic mass is 127. The first-order valence-electron chi connectivity index (χ1n) is 6.63. The van der Waals surface area contributed by atoms with E-state index >= 15 is 0 Å². The van der Waals surface area contributed by atoms with E-state index in [1.165, 1.54) is 18.2 Å². The van der Waals surface area contributed by atoms with Crippen molar-refractivity contribution >= 4 is 34.2 Å². The molecule has 2 aromatic rings. The second-order valence-corrected chi connectivity index (χ2v) is 6.30. The Balaban J connectivity index is 2.28. The molecule has 0 aromatic heterocycles. The van der Waals surface area contributed by atoms with Crippen LogP contribution in [0.2, 0.25) is 5.02 Å². The third kappa shape index (κ3) is 4.37. The highest BCUT2D eigenvalue weighted by Gasteiger charge is 2.15. The van der Waals surface area contributed by atoms with E-state index in [9.17, 15) is 8.78 Å². The van der Waals surface area contributed by atoms with Crippen LogP contribution in [0.1, 0.15) is 24.1 Å². The molecular weight excluding hydrogens is 407 g/mol. The van der Waals surface area contributed by atoms with Crippen LogP contribution in [0.3, 0.4) is 0 Å². The Morgan fingerprint density at radius 3 is 2.57 bits per heavy atom. The lowest BCUT2D eigenvalue weighted by Gasteiger charge is -2.20. The topological polar surface area (TPSA) is 12.0 Å². The molecule has 0 heterocycles. The van der Waals surface area contributed by atoms with Gasteiger partial charge >= 0.3 is 0 Å². The van der Waals surface area contributed by atoms with Crippen molar-refractivity contribution in [2.75, 3.05) is 6.54 Å². The minimum atomic E-state index is -0.420. The van der Waals surface area contributed by atoms with Crippen molar-refractivity contribution in [3.05, 3.63) is 67.8 Å².